The van der Waals surface area contributed by atoms with E-state index in [1.807, 2.05) is 0 Å². The topological polar surface area (TPSA) is 58.6 Å². The van der Waals surface area contributed by atoms with Crippen LogP contribution in [0.3, 0.4) is 0 Å². The van der Waals surface area contributed by atoms with E-state index in [4.69, 9.17) is 16.3 Å². The number of methoxy groups -OCH3 is 1. The predicted octanol–water partition coefficient (Wildman–Crippen LogP) is 5.48. The Hall–Kier alpha value is -3.29. The van der Waals surface area contributed by atoms with E-state index < -0.39 is 17.6 Å². The summed E-state index contributed by atoms with van der Waals surface area (Å²) in [7, 11) is 1.51. The van der Waals surface area contributed by atoms with Crippen molar-refractivity contribution in [3.8, 4) is 5.75 Å². The van der Waals surface area contributed by atoms with Gasteiger partial charge in [-0.2, -0.15) is 0 Å². The highest BCUT2D eigenvalue weighted by Gasteiger charge is 2.41. The number of anilines is 2. The van der Waals surface area contributed by atoms with Gasteiger partial charge in [0.25, 0.3) is 11.8 Å². The molecule has 4 rings (SSSR count). The van der Waals surface area contributed by atoms with Crippen LogP contribution in [0.4, 0.5) is 15.8 Å². The molecule has 0 fully saturated rings. The zero-order valence-corrected chi connectivity index (χ0v) is 17.8. The molecule has 1 aliphatic heterocycles. The highest BCUT2D eigenvalue weighted by Crippen LogP contribution is 2.39. The van der Waals surface area contributed by atoms with E-state index in [1.54, 1.807) is 54.6 Å². The fourth-order valence-corrected chi connectivity index (χ4v) is 4.12. The van der Waals surface area contributed by atoms with Crippen LogP contribution < -0.4 is 15.0 Å². The van der Waals surface area contributed by atoms with Crippen molar-refractivity contribution in [1.29, 1.82) is 0 Å². The number of imide groups is 1. The molecule has 8 heteroatoms. The predicted molar refractivity (Wildman–Crippen MR) is 120 cm³/mol. The van der Waals surface area contributed by atoms with Crippen molar-refractivity contribution in [1.82, 2.24) is 0 Å². The number of para-hydroxylation sites is 3. The molecule has 0 aromatic heterocycles. The van der Waals surface area contributed by atoms with Crippen LogP contribution in [0.2, 0.25) is 5.02 Å². The minimum atomic E-state index is -0.668. The van der Waals surface area contributed by atoms with Gasteiger partial charge in [-0.25, -0.2) is 9.29 Å². The zero-order valence-electron chi connectivity index (χ0n) is 16.3. The van der Waals surface area contributed by atoms with Crippen molar-refractivity contribution in [2.24, 2.45) is 0 Å². The summed E-state index contributed by atoms with van der Waals surface area (Å²) in [6.07, 6.45) is 0. The Labute approximate surface area is 187 Å². The lowest BCUT2D eigenvalue weighted by Crippen LogP contribution is -2.33. The molecular weight excluding hydrogens is 439 g/mol. The van der Waals surface area contributed by atoms with Gasteiger partial charge in [0.2, 0.25) is 0 Å². The highest BCUT2D eigenvalue weighted by atomic mass is 35.5. The molecule has 0 saturated heterocycles. The molecule has 0 radical (unpaired) electrons. The number of amides is 2. The molecule has 0 saturated carbocycles. The fourth-order valence-electron chi connectivity index (χ4n) is 3.07. The molecule has 0 atom stereocenters. The number of nitrogens with zero attached hydrogens (tertiary/aromatic N) is 1. The number of nitrogens with one attached hydrogen (secondary N) is 1. The SMILES string of the molecule is COc1ccccc1NC1=C(Sc2ccc(Cl)cc2)C(=O)N(c2ccccc2F)C1=O. The van der Waals surface area contributed by atoms with Gasteiger partial charge >= 0.3 is 0 Å². The number of rotatable bonds is 6. The third kappa shape index (κ3) is 4.15. The van der Waals surface area contributed by atoms with E-state index in [-0.39, 0.29) is 16.3 Å². The van der Waals surface area contributed by atoms with Gasteiger partial charge in [0.15, 0.2) is 0 Å². The van der Waals surface area contributed by atoms with Crippen molar-refractivity contribution < 1.29 is 18.7 Å². The molecule has 2 amide bonds. The number of thioether (sulfide) groups is 1. The van der Waals surface area contributed by atoms with Crippen molar-refractivity contribution >= 4 is 46.6 Å². The number of carbonyl (C=O) groups is 2. The molecule has 1 N–H and O–H groups in total. The van der Waals surface area contributed by atoms with Gasteiger partial charge in [0, 0.05) is 9.92 Å². The summed E-state index contributed by atoms with van der Waals surface area (Å²) >= 11 is 7.05. The largest absolute Gasteiger partial charge is 0.495 e. The molecule has 1 heterocycles. The van der Waals surface area contributed by atoms with Gasteiger partial charge < -0.3 is 10.1 Å². The molecule has 0 bridgehead atoms. The van der Waals surface area contributed by atoms with Crippen LogP contribution in [0.5, 0.6) is 5.75 Å². The van der Waals surface area contributed by atoms with Crippen molar-refractivity contribution in [3.63, 3.8) is 0 Å². The van der Waals surface area contributed by atoms with Gasteiger partial charge in [-0.15, -0.1) is 0 Å². The average molecular weight is 455 g/mol. The number of hydrogen-bond acceptors (Lipinski definition) is 5. The second kappa shape index (κ2) is 8.83. The first-order valence-corrected chi connectivity index (χ1v) is 10.4. The van der Waals surface area contributed by atoms with E-state index in [0.717, 1.165) is 16.7 Å². The van der Waals surface area contributed by atoms with E-state index in [2.05, 4.69) is 5.32 Å². The Bertz CT molecular complexity index is 1200. The average Bonchev–Trinajstić information content (AvgIpc) is 3.00. The third-order valence-corrected chi connectivity index (χ3v) is 5.88. The maximum atomic E-state index is 14.4. The number of halogens is 2. The normalized spacial score (nSPS) is 13.7. The van der Waals surface area contributed by atoms with Crippen molar-refractivity contribution in [3.05, 3.63) is 94.2 Å². The lowest BCUT2D eigenvalue weighted by atomic mass is 10.2. The van der Waals surface area contributed by atoms with Crippen LogP contribution in [0.1, 0.15) is 0 Å². The van der Waals surface area contributed by atoms with E-state index in [0.29, 0.717) is 21.4 Å². The smallest absolute Gasteiger partial charge is 0.283 e. The molecule has 0 aliphatic carbocycles. The van der Waals surface area contributed by atoms with Crippen molar-refractivity contribution in [2.75, 3.05) is 17.3 Å². The summed E-state index contributed by atoms with van der Waals surface area (Å²) in [5.41, 5.74) is 0.437. The number of carbonyl (C=O) groups excluding carboxylic acids is 2. The van der Waals surface area contributed by atoms with Gasteiger partial charge in [0.05, 0.1) is 18.5 Å². The van der Waals surface area contributed by atoms with E-state index in [9.17, 15) is 14.0 Å². The molecule has 31 heavy (non-hydrogen) atoms. The van der Waals surface area contributed by atoms with E-state index >= 15 is 0 Å². The second-order valence-electron chi connectivity index (χ2n) is 6.48. The molecule has 3 aromatic rings. The summed E-state index contributed by atoms with van der Waals surface area (Å²) < 4.78 is 19.8. The van der Waals surface area contributed by atoms with Gasteiger partial charge in [-0.3, -0.25) is 9.59 Å². The standard InChI is InChI=1S/C23H16ClFN2O3S/c1-30-19-9-5-3-7-17(19)26-20-21(31-15-12-10-14(24)11-13-15)23(29)27(22(20)28)18-8-4-2-6-16(18)25/h2-13,26H,1H3. The van der Waals surface area contributed by atoms with Crippen LogP contribution in [-0.2, 0) is 9.59 Å². The Morgan fingerprint density at radius 2 is 1.61 bits per heavy atom. The lowest BCUT2D eigenvalue weighted by molar-refractivity contribution is -0.120. The minimum Gasteiger partial charge on any atom is -0.495 e. The summed E-state index contributed by atoms with van der Waals surface area (Å²) in [5.74, 6) is -1.45. The molecular formula is C23H16ClFN2O3S. The Morgan fingerprint density at radius 1 is 0.935 bits per heavy atom. The first-order chi connectivity index (χ1) is 15.0. The second-order valence-corrected chi connectivity index (χ2v) is 8.00. The summed E-state index contributed by atoms with van der Waals surface area (Å²) in [6.45, 7) is 0. The lowest BCUT2D eigenvalue weighted by Gasteiger charge is -2.16. The fraction of sp³-hybridized carbons (Fsp3) is 0.0435. The third-order valence-electron chi connectivity index (χ3n) is 4.53. The van der Waals surface area contributed by atoms with E-state index in [1.165, 1.54) is 25.3 Å². The Kier molecular flexibility index (Phi) is 5.97. The Morgan fingerprint density at radius 3 is 2.32 bits per heavy atom. The van der Waals surface area contributed by atoms with Gasteiger partial charge in [-0.05, 0) is 48.5 Å². The van der Waals surface area contributed by atoms with Crippen LogP contribution in [-0.4, -0.2) is 18.9 Å². The van der Waals surface area contributed by atoms with Crippen LogP contribution in [0.25, 0.3) is 0 Å². The molecule has 156 valence electrons. The number of hydrogen-bond donors (Lipinski definition) is 1. The number of benzene rings is 3. The Balaban J connectivity index is 1.78. The number of ether oxygens (including phenoxy) is 1. The first-order valence-electron chi connectivity index (χ1n) is 9.20. The monoisotopic (exact) mass is 454 g/mol. The minimum absolute atomic E-state index is 0.0395. The zero-order chi connectivity index (χ0) is 22.0. The molecule has 5 nitrogen and oxygen atoms in total. The maximum Gasteiger partial charge on any atom is 0.283 e. The first kappa shape index (κ1) is 21.0. The maximum absolute atomic E-state index is 14.4. The van der Waals surface area contributed by atoms with Gasteiger partial charge in [-0.1, -0.05) is 47.6 Å². The summed E-state index contributed by atoms with van der Waals surface area (Å²) in [6, 6.07) is 19.5. The van der Waals surface area contributed by atoms with Crippen LogP contribution in [0, 0.1) is 5.82 Å². The quantitative estimate of drug-likeness (QED) is 0.500. The van der Waals surface area contributed by atoms with Crippen LogP contribution >= 0.6 is 23.4 Å². The van der Waals surface area contributed by atoms with Gasteiger partial charge in [0.1, 0.15) is 22.2 Å². The van der Waals surface area contributed by atoms with Crippen molar-refractivity contribution in [2.45, 2.75) is 4.90 Å². The molecule has 0 spiro atoms. The highest BCUT2D eigenvalue weighted by molar-refractivity contribution is 8.04. The molecule has 0 unspecified atom stereocenters. The summed E-state index contributed by atoms with van der Waals surface area (Å²) in [4.78, 5) is 28.2. The molecule has 1 aliphatic rings. The molecule has 3 aromatic carbocycles. The summed E-state index contributed by atoms with van der Waals surface area (Å²) in [5, 5.41) is 3.56. The van der Waals surface area contributed by atoms with Crippen LogP contribution in [0.15, 0.2) is 88.3 Å².